The maximum absolute atomic E-state index is 9.80. The quantitative estimate of drug-likeness (QED) is 0.527. The SMILES string of the molecule is CC(C)NC[C@H](O)COc1ccc(CCOCC2CC2)cc1.[Cl-]. The molecule has 0 aromatic heterocycles. The average molecular weight is 343 g/mol. The van der Waals surface area contributed by atoms with E-state index in [2.05, 4.69) is 31.3 Å². The van der Waals surface area contributed by atoms with Crippen molar-refractivity contribution in [1.82, 2.24) is 5.32 Å². The van der Waals surface area contributed by atoms with Gasteiger partial charge in [0.15, 0.2) is 0 Å². The second kappa shape index (κ2) is 10.9. The van der Waals surface area contributed by atoms with E-state index in [0.29, 0.717) is 19.2 Å². The lowest BCUT2D eigenvalue weighted by atomic mass is 10.1. The standard InChI is InChI=1S/C18H29NO3.ClH/c1-14(2)19-11-17(20)13-22-18-7-5-15(6-8-18)9-10-21-12-16-3-4-16;/h5-8,14,16-17,19-20H,3-4,9-13H2,1-2H3;1H/p-1/t17-;/m0./s1. The molecule has 0 heterocycles. The van der Waals surface area contributed by atoms with Crippen LogP contribution in [-0.2, 0) is 11.2 Å². The maximum Gasteiger partial charge on any atom is 0.119 e. The van der Waals surface area contributed by atoms with Crippen LogP contribution in [-0.4, -0.2) is 43.6 Å². The molecule has 0 bridgehead atoms. The minimum absolute atomic E-state index is 0. The molecule has 0 spiro atoms. The first-order valence-corrected chi connectivity index (χ1v) is 8.34. The normalized spacial score (nSPS) is 15.3. The summed E-state index contributed by atoms with van der Waals surface area (Å²) >= 11 is 0. The molecule has 1 aliphatic rings. The molecule has 0 aliphatic heterocycles. The summed E-state index contributed by atoms with van der Waals surface area (Å²) in [7, 11) is 0. The lowest BCUT2D eigenvalue weighted by Gasteiger charge is -2.15. The number of benzene rings is 1. The molecule has 0 unspecified atom stereocenters. The molecule has 1 fully saturated rings. The number of ether oxygens (including phenoxy) is 2. The molecule has 1 aliphatic carbocycles. The van der Waals surface area contributed by atoms with E-state index in [4.69, 9.17) is 9.47 Å². The van der Waals surface area contributed by atoms with Gasteiger partial charge in [0.2, 0.25) is 0 Å². The molecule has 1 aromatic carbocycles. The molecule has 132 valence electrons. The monoisotopic (exact) mass is 342 g/mol. The first-order valence-electron chi connectivity index (χ1n) is 8.34. The molecule has 2 rings (SSSR count). The van der Waals surface area contributed by atoms with Gasteiger partial charge in [-0.2, -0.15) is 0 Å². The Morgan fingerprint density at radius 1 is 1.22 bits per heavy atom. The highest BCUT2D eigenvalue weighted by Crippen LogP contribution is 2.28. The van der Waals surface area contributed by atoms with Gasteiger partial charge >= 0.3 is 0 Å². The van der Waals surface area contributed by atoms with Crippen LogP contribution in [0.4, 0.5) is 0 Å². The zero-order valence-corrected chi connectivity index (χ0v) is 14.9. The van der Waals surface area contributed by atoms with Crippen molar-refractivity contribution in [1.29, 1.82) is 0 Å². The van der Waals surface area contributed by atoms with Crippen molar-refractivity contribution in [3.05, 3.63) is 29.8 Å². The fraction of sp³-hybridized carbons (Fsp3) is 0.667. The number of hydrogen-bond acceptors (Lipinski definition) is 4. The van der Waals surface area contributed by atoms with Crippen molar-refractivity contribution >= 4 is 0 Å². The third kappa shape index (κ3) is 9.16. The summed E-state index contributed by atoms with van der Waals surface area (Å²) in [6.45, 7) is 6.68. The summed E-state index contributed by atoms with van der Waals surface area (Å²) in [6.07, 6.45) is 3.13. The maximum atomic E-state index is 9.80. The highest BCUT2D eigenvalue weighted by Gasteiger charge is 2.20. The fourth-order valence-electron chi connectivity index (χ4n) is 2.10. The van der Waals surface area contributed by atoms with E-state index >= 15 is 0 Å². The smallest absolute Gasteiger partial charge is 0.119 e. The topological polar surface area (TPSA) is 50.7 Å². The van der Waals surface area contributed by atoms with Crippen LogP contribution in [0, 0.1) is 5.92 Å². The lowest BCUT2D eigenvalue weighted by molar-refractivity contribution is -0.00000716. The second-order valence-electron chi connectivity index (χ2n) is 6.44. The molecular formula is C18H29ClNO3-. The molecule has 5 heteroatoms. The van der Waals surface area contributed by atoms with E-state index in [1.54, 1.807) is 0 Å². The highest BCUT2D eigenvalue weighted by atomic mass is 35.5. The van der Waals surface area contributed by atoms with Crippen LogP contribution >= 0.6 is 0 Å². The van der Waals surface area contributed by atoms with Crippen LogP contribution < -0.4 is 22.5 Å². The Morgan fingerprint density at radius 3 is 2.52 bits per heavy atom. The van der Waals surface area contributed by atoms with E-state index in [0.717, 1.165) is 31.3 Å². The Kier molecular flexibility index (Phi) is 9.56. The summed E-state index contributed by atoms with van der Waals surface area (Å²) in [5.41, 5.74) is 1.25. The summed E-state index contributed by atoms with van der Waals surface area (Å²) in [5.74, 6) is 1.62. The second-order valence-corrected chi connectivity index (χ2v) is 6.44. The predicted molar refractivity (Wildman–Crippen MR) is 88.3 cm³/mol. The summed E-state index contributed by atoms with van der Waals surface area (Å²) < 4.78 is 11.2. The van der Waals surface area contributed by atoms with Gasteiger partial charge in [-0.3, -0.25) is 0 Å². The van der Waals surface area contributed by atoms with Gasteiger partial charge in [-0.1, -0.05) is 26.0 Å². The molecule has 1 aromatic rings. The number of halogens is 1. The summed E-state index contributed by atoms with van der Waals surface area (Å²) in [4.78, 5) is 0. The van der Waals surface area contributed by atoms with Gasteiger partial charge in [0.05, 0.1) is 6.61 Å². The number of rotatable bonds is 11. The first-order chi connectivity index (χ1) is 10.6. The van der Waals surface area contributed by atoms with Crippen molar-refractivity contribution in [2.24, 2.45) is 5.92 Å². The Morgan fingerprint density at radius 2 is 1.91 bits per heavy atom. The molecular weight excluding hydrogens is 314 g/mol. The van der Waals surface area contributed by atoms with Crippen LogP contribution in [0.15, 0.2) is 24.3 Å². The zero-order valence-electron chi connectivity index (χ0n) is 14.1. The van der Waals surface area contributed by atoms with Crippen molar-refractivity contribution in [3.8, 4) is 5.75 Å². The summed E-state index contributed by atoms with van der Waals surface area (Å²) in [6, 6.07) is 8.41. The third-order valence-corrected chi connectivity index (χ3v) is 3.71. The Hall–Kier alpha value is -0.810. The van der Waals surface area contributed by atoms with Gasteiger partial charge in [0.1, 0.15) is 18.5 Å². The minimum Gasteiger partial charge on any atom is -1.00 e. The Bertz CT molecular complexity index is 421. The molecule has 2 N–H and O–H groups in total. The number of hydrogen-bond donors (Lipinski definition) is 2. The number of nitrogens with one attached hydrogen (secondary N) is 1. The van der Waals surface area contributed by atoms with Crippen LogP contribution in [0.5, 0.6) is 5.75 Å². The van der Waals surface area contributed by atoms with Crippen LogP contribution in [0.1, 0.15) is 32.3 Å². The molecule has 1 atom stereocenters. The van der Waals surface area contributed by atoms with Gasteiger partial charge < -0.3 is 32.3 Å². The fourth-order valence-corrected chi connectivity index (χ4v) is 2.10. The van der Waals surface area contributed by atoms with E-state index < -0.39 is 6.10 Å². The van der Waals surface area contributed by atoms with Gasteiger partial charge in [0.25, 0.3) is 0 Å². The van der Waals surface area contributed by atoms with E-state index in [1.165, 1.54) is 18.4 Å². The zero-order chi connectivity index (χ0) is 15.8. The lowest BCUT2D eigenvalue weighted by Crippen LogP contribution is -3.00. The van der Waals surface area contributed by atoms with Gasteiger partial charge in [0, 0.05) is 19.2 Å². The Balaban J connectivity index is 0.00000264. The number of aliphatic hydroxyl groups is 1. The van der Waals surface area contributed by atoms with Crippen LogP contribution in [0.2, 0.25) is 0 Å². The van der Waals surface area contributed by atoms with Crippen molar-refractivity contribution < 1.29 is 27.0 Å². The third-order valence-electron chi connectivity index (χ3n) is 3.71. The van der Waals surface area contributed by atoms with Crippen molar-refractivity contribution in [2.45, 2.75) is 45.3 Å². The molecule has 23 heavy (non-hydrogen) atoms. The predicted octanol–water partition coefficient (Wildman–Crippen LogP) is -0.603. The Labute approximate surface area is 146 Å². The van der Waals surface area contributed by atoms with Crippen LogP contribution in [0.25, 0.3) is 0 Å². The van der Waals surface area contributed by atoms with E-state index in [9.17, 15) is 5.11 Å². The van der Waals surface area contributed by atoms with E-state index in [1.807, 2.05) is 12.1 Å². The molecule has 1 saturated carbocycles. The van der Waals surface area contributed by atoms with E-state index in [-0.39, 0.29) is 12.4 Å². The average Bonchev–Trinajstić information content (AvgIpc) is 3.33. The summed E-state index contributed by atoms with van der Waals surface area (Å²) in [5, 5.41) is 13.0. The first kappa shape index (κ1) is 20.2. The van der Waals surface area contributed by atoms with Gasteiger partial charge in [-0.05, 0) is 42.9 Å². The molecule has 0 saturated heterocycles. The number of aliphatic hydroxyl groups excluding tert-OH is 1. The largest absolute Gasteiger partial charge is 1.00 e. The van der Waals surface area contributed by atoms with Gasteiger partial charge in [-0.25, -0.2) is 0 Å². The highest BCUT2D eigenvalue weighted by molar-refractivity contribution is 5.27. The molecule has 4 nitrogen and oxygen atoms in total. The van der Waals surface area contributed by atoms with Crippen LogP contribution in [0.3, 0.4) is 0 Å². The van der Waals surface area contributed by atoms with Crippen molar-refractivity contribution in [2.75, 3.05) is 26.4 Å². The molecule has 0 radical (unpaired) electrons. The minimum atomic E-state index is -0.488. The molecule has 0 amide bonds. The van der Waals surface area contributed by atoms with Crippen molar-refractivity contribution in [3.63, 3.8) is 0 Å². The van der Waals surface area contributed by atoms with Gasteiger partial charge in [-0.15, -0.1) is 0 Å².